The van der Waals surface area contributed by atoms with Gasteiger partial charge in [-0.05, 0) is 46.7 Å². The molecule has 4 heteroatoms. The Hall–Kier alpha value is -1.13. The molecule has 1 aromatic heterocycles. The van der Waals surface area contributed by atoms with Gasteiger partial charge in [0.1, 0.15) is 5.82 Å². The van der Waals surface area contributed by atoms with Crippen molar-refractivity contribution in [1.82, 2.24) is 5.32 Å². The van der Waals surface area contributed by atoms with Crippen LogP contribution < -0.4 is 5.32 Å². The molecule has 0 saturated carbocycles. The molecule has 1 N–H and O–H groups in total. The lowest BCUT2D eigenvalue weighted by molar-refractivity contribution is 0.567. The van der Waals surface area contributed by atoms with E-state index in [-0.39, 0.29) is 5.82 Å². The highest BCUT2D eigenvalue weighted by Crippen LogP contribution is 2.31. The van der Waals surface area contributed by atoms with Crippen molar-refractivity contribution >= 4 is 15.9 Å². The molecule has 0 amide bonds. The Bertz CT molecular complexity index is 496. The van der Waals surface area contributed by atoms with Crippen molar-refractivity contribution in [2.75, 3.05) is 7.05 Å². The van der Waals surface area contributed by atoms with Gasteiger partial charge in [0.15, 0.2) is 5.76 Å². The summed E-state index contributed by atoms with van der Waals surface area (Å²) in [6.07, 6.45) is 1.53. The largest absolute Gasteiger partial charge is 0.463 e. The van der Waals surface area contributed by atoms with Crippen LogP contribution in [0.1, 0.15) is 5.56 Å². The molecule has 2 nitrogen and oxygen atoms in total. The molecule has 0 fully saturated rings. The van der Waals surface area contributed by atoms with Crippen LogP contribution in [0, 0.1) is 5.82 Å². The second-order valence-corrected chi connectivity index (χ2v) is 4.30. The fraction of sp³-hybridized carbons (Fsp3) is 0.167. The van der Waals surface area contributed by atoms with Crippen molar-refractivity contribution in [3.63, 3.8) is 0 Å². The maximum atomic E-state index is 13.8. The summed E-state index contributed by atoms with van der Waals surface area (Å²) in [5.74, 6) is 0.247. The Morgan fingerprint density at radius 3 is 2.75 bits per heavy atom. The first-order chi connectivity index (χ1) is 7.72. The lowest BCUT2D eigenvalue weighted by Gasteiger charge is -2.04. The van der Waals surface area contributed by atoms with Gasteiger partial charge in [-0.15, -0.1) is 0 Å². The molecule has 0 spiro atoms. The van der Waals surface area contributed by atoms with Gasteiger partial charge in [-0.25, -0.2) is 4.39 Å². The van der Waals surface area contributed by atoms with E-state index >= 15 is 0 Å². The second kappa shape index (κ2) is 4.80. The minimum absolute atomic E-state index is 0.275. The summed E-state index contributed by atoms with van der Waals surface area (Å²) in [6, 6.07) is 6.87. The molecule has 0 saturated heterocycles. The zero-order valence-corrected chi connectivity index (χ0v) is 10.3. The highest BCUT2D eigenvalue weighted by Gasteiger charge is 2.12. The van der Waals surface area contributed by atoms with Crippen LogP contribution in [0.3, 0.4) is 0 Å². The Kier molecular flexibility index (Phi) is 3.41. The standard InChI is InChI=1S/C12H11BrFNO/c1-15-7-8-2-3-9(11(14)6-8)12-10(13)4-5-16-12/h2-6,15H,7H2,1H3. The molecule has 0 radical (unpaired) electrons. The molecule has 1 heterocycles. The maximum absolute atomic E-state index is 13.8. The quantitative estimate of drug-likeness (QED) is 0.932. The first kappa shape index (κ1) is 11.4. The summed E-state index contributed by atoms with van der Waals surface area (Å²) < 4.78 is 19.8. The van der Waals surface area contributed by atoms with Crippen LogP contribution >= 0.6 is 15.9 Å². The van der Waals surface area contributed by atoms with Gasteiger partial charge in [0.2, 0.25) is 0 Å². The van der Waals surface area contributed by atoms with E-state index in [9.17, 15) is 4.39 Å². The Balaban J connectivity index is 2.40. The third kappa shape index (κ3) is 2.18. The average molecular weight is 284 g/mol. The van der Waals surface area contributed by atoms with Gasteiger partial charge in [-0.1, -0.05) is 6.07 Å². The third-order valence-corrected chi connectivity index (χ3v) is 2.90. The first-order valence-electron chi connectivity index (χ1n) is 4.88. The smallest absolute Gasteiger partial charge is 0.150 e. The van der Waals surface area contributed by atoms with Gasteiger partial charge in [-0.2, -0.15) is 0 Å². The fourth-order valence-electron chi connectivity index (χ4n) is 1.54. The van der Waals surface area contributed by atoms with Crippen molar-refractivity contribution in [3.8, 4) is 11.3 Å². The van der Waals surface area contributed by atoms with E-state index in [1.54, 1.807) is 12.1 Å². The number of hydrogen-bond donors (Lipinski definition) is 1. The lowest BCUT2D eigenvalue weighted by Crippen LogP contribution is -2.05. The van der Waals surface area contributed by atoms with Crippen LogP contribution in [0.15, 0.2) is 39.4 Å². The SMILES string of the molecule is CNCc1ccc(-c2occc2Br)c(F)c1. The van der Waals surface area contributed by atoms with Crippen molar-refractivity contribution in [3.05, 3.63) is 46.4 Å². The molecule has 0 aliphatic rings. The highest BCUT2D eigenvalue weighted by atomic mass is 79.9. The number of halogens is 2. The number of rotatable bonds is 3. The minimum Gasteiger partial charge on any atom is -0.463 e. The average Bonchev–Trinajstić information content (AvgIpc) is 2.65. The normalized spacial score (nSPS) is 10.7. The van der Waals surface area contributed by atoms with E-state index in [0.29, 0.717) is 17.9 Å². The number of nitrogens with one attached hydrogen (secondary N) is 1. The maximum Gasteiger partial charge on any atom is 0.150 e. The molecule has 0 atom stereocenters. The highest BCUT2D eigenvalue weighted by molar-refractivity contribution is 9.10. The fourth-order valence-corrected chi connectivity index (χ4v) is 1.96. The summed E-state index contributed by atoms with van der Waals surface area (Å²) in [5, 5.41) is 2.98. The van der Waals surface area contributed by atoms with E-state index < -0.39 is 0 Å². The summed E-state index contributed by atoms with van der Waals surface area (Å²) in [5.41, 5.74) is 1.38. The van der Waals surface area contributed by atoms with Gasteiger partial charge in [-0.3, -0.25) is 0 Å². The van der Waals surface area contributed by atoms with Crippen molar-refractivity contribution in [1.29, 1.82) is 0 Å². The van der Waals surface area contributed by atoms with E-state index in [0.717, 1.165) is 10.0 Å². The van der Waals surface area contributed by atoms with E-state index in [4.69, 9.17) is 4.42 Å². The van der Waals surface area contributed by atoms with Crippen LogP contribution in [-0.4, -0.2) is 7.05 Å². The summed E-state index contributed by atoms with van der Waals surface area (Å²) in [7, 11) is 1.83. The van der Waals surface area contributed by atoms with Crippen molar-refractivity contribution in [2.45, 2.75) is 6.54 Å². The molecular weight excluding hydrogens is 273 g/mol. The molecule has 84 valence electrons. The number of benzene rings is 1. The predicted molar refractivity (Wildman–Crippen MR) is 64.6 cm³/mol. The van der Waals surface area contributed by atoms with Gasteiger partial charge in [0.25, 0.3) is 0 Å². The molecule has 0 bridgehead atoms. The monoisotopic (exact) mass is 283 g/mol. The zero-order valence-electron chi connectivity index (χ0n) is 8.76. The van der Waals surface area contributed by atoms with Crippen LogP contribution in [0.4, 0.5) is 4.39 Å². The Morgan fingerprint density at radius 1 is 1.38 bits per heavy atom. The predicted octanol–water partition coefficient (Wildman–Crippen LogP) is 3.57. The molecule has 2 rings (SSSR count). The Morgan fingerprint density at radius 2 is 2.19 bits per heavy atom. The molecule has 16 heavy (non-hydrogen) atoms. The molecular formula is C12H11BrFNO. The minimum atomic E-state index is -0.275. The third-order valence-electron chi connectivity index (χ3n) is 2.28. The molecule has 2 aromatic rings. The number of furan rings is 1. The van der Waals surface area contributed by atoms with E-state index in [2.05, 4.69) is 21.2 Å². The summed E-state index contributed by atoms with van der Waals surface area (Å²) >= 11 is 3.31. The van der Waals surface area contributed by atoms with E-state index in [1.807, 2.05) is 13.1 Å². The van der Waals surface area contributed by atoms with E-state index in [1.165, 1.54) is 12.3 Å². The molecule has 1 aromatic carbocycles. The van der Waals surface area contributed by atoms with Crippen molar-refractivity contribution in [2.24, 2.45) is 0 Å². The first-order valence-corrected chi connectivity index (χ1v) is 5.68. The van der Waals surface area contributed by atoms with Gasteiger partial charge in [0, 0.05) is 6.54 Å². The summed E-state index contributed by atoms with van der Waals surface area (Å²) in [4.78, 5) is 0. The van der Waals surface area contributed by atoms with Gasteiger partial charge < -0.3 is 9.73 Å². The lowest BCUT2D eigenvalue weighted by atomic mass is 10.1. The summed E-state index contributed by atoms with van der Waals surface area (Å²) in [6.45, 7) is 0.649. The Labute approximate surface area is 102 Å². The number of hydrogen-bond acceptors (Lipinski definition) is 2. The van der Waals surface area contributed by atoms with Crippen LogP contribution in [-0.2, 0) is 6.54 Å². The molecule has 0 unspecified atom stereocenters. The van der Waals surface area contributed by atoms with Crippen LogP contribution in [0.5, 0.6) is 0 Å². The molecule has 0 aliphatic heterocycles. The van der Waals surface area contributed by atoms with Gasteiger partial charge in [0.05, 0.1) is 16.3 Å². The van der Waals surface area contributed by atoms with Gasteiger partial charge >= 0.3 is 0 Å². The second-order valence-electron chi connectivity index (χ2n) is 3.44. The topological polar surface area (TPSA) is 25.2 Å². The molecule has 0 aliphatic carbocycles. The van der Waals surface area contributed by atoms with Crippen LogP contribution in [0.25, 0.3) is 11.3 Å². The zero-order chi connectivity index (χ0) is 11.5. The van der Waals surface area contributed by atoms with Crippen molar-refractivity contribution < 1.29 is 8.81 Å². The van der Waals surface area contributed by atoms with Crippen LogP contribution in [0.2, 0.25) is 0 Å².